The smallest absolute Gasteiger partial charge is 0.406 e. The average Bonchev–Trinajstić information content (AvgIpc) is 2.53. The van der Waals surface area contributed by atoms with Gasteiger partial charge in [0.2, 0.25) is 0 Å². The highest BCUT2D eigenvalue weighted by molar-refractivity contribution is 5.51. The first-order valence-electron chi connectivity index (χ1n) is 8.26. The molecule has 0 radical (unpaired) electrons. The van der Waals surface area contributed by atoms with Crippen LogP contribution in [0.4, 0.5) is 22.0 Å². The Hall–Kier alpha value is -2.37. The Morgan fingerprint density at radius 3 is 2.35 bits per heavy atom. The van der Waals surface area contributed by atoms with Crippen LogP contribution in [-0.2, 0) is 12.8 Å². The summed E-state index contributed by atoms with van der Waals surface area (Å²) in [5.74, 6) is -1.81. The van der Waals surface area contributed by atoms with Gasteiger partial charge in [0.15, 0.2) is 0 Å². The van der Waals surface area contributed by atoms with E-state index in [1.807, 2.05) is 0 Å². The second-order valence-corrected chi connectivity index (χ2v) is 6.32. The predicted octanol–water partition coefficient (Wildman–Crippen LogP) is 6.17. The van der Waals surface area contributed by atoms with Gasteiger partial charge in [-0.1, -0.05) is 18.2 Å². The molecule has 0 bridgehead atoms. The number of halogens is 5. The Bertz CT molecular complexity index is 816. The van der Waals surface area contributed by atoms with E-state index in [2.05, 4.69) is 4.74 Å². The van der Waals surface area contributed by atoms with Crippen LogP contribution in [0.2, 0.25) is 0 Å². The van der Waals surface area contributed by atoms with Crippen molar-refractivity contribution in [2.75, 3.05) is 0 Å². The number of rotatable bonds is 3. The monoisotopic (exact) mass is 368 g/mol. The van der Waals surface area contributed by atoms with Gasteiger partial charge < -0.3 is 4.74 Å². The van der Waals surface area contributed by atoms with E-state index in [9.17, 15) is 22.0 Å². The highest BCUT2D eigenvalue weighted by Gasteiger charge is 2.32. The fraction of sp³-hybridized carbons (Fsp3) is 0.300. The minimum atomic E-state index is -4.74. The van der Waals surface area contributed by atoms with Crippen molar-refractivity contribution in [2.45, 2.75) is 38.5 Å². The molecule has 1 aliphatic carbocycles. The second-order valence-electron chi connectivity index (χ2n) is 6.32. The zero-order chi connectivity index (χ0) is 18.9. The zero-order valence-corrected chi connectivity index (χ0v) is 14.0. The average molecular weight is 368 g/mol. The molecule has 0 heterocycles. The first-order valence-corrected chi connectivity index (χ1v) is 8.26. The third-order valence-electron chi connectivity index (χ3n) is 4.51. The molecule has 3 rings (SSSR count). The maximum Gasteiger partial charge on any atom is 0.573 e. The first-order chi connectivity index (χ1) is 12.3. The molecule has 0 saturated heterocycles. The van der Waals surface area contributed by atoms with Crippen LogP contribution in [-0.4, -0.2) is 6.36 Å². The molecule has 2 aromatic carbocycles. The van der Waals surface area contributed by atoms with E-state index in [1.54, 1.807) is 19.1 Å². The Kier molecular flexibility index (Phi) is 5.03. The van der Waals surface area contributed by atoms with E-state index in [4.69, 9.17) is 0 Å². The Balaban J connectivity index is 1.85. The van der Waals surface area contributed by atoms with E-state index in [0.29, 0.717) is 30.4 Å². The number of fused-ring (bicyclic) bond motifs is 1. The molecule has 6 heteroatoms. The molecule has 1 atom stereocenters. The maximum absolute atomic E-state index is 14.4. The van der Waals surface area contributed by atoms with Crippen LogP contribution >= 0.6 is 0 Å². The van der Waals surface area contributed by atoms with Gasteiger partial charge in [0.05, 0.1) is 0 Å². The van der Waals surface area contributed by atoms with Crippen LogP contribution in [0.15, 0.2) is 36.4 Å². The lowest BCUT2D eigenvalue weighted by Crippen LogP contribution is -2.19. The van der Waals surface area contributed by atoms with Crippen LogP contribution < -0.4 is 4.74 Å². The molecule has 2 aromatic rings. The summed E-state index contributed by atoms with van der Waals surface area (Å²) in [6.45, 7) is 1.76. The standard InChI is InChI=1S/C20H17F5O/c1-2-3-12-8-17(21)19(18(22)9-12)15-5-4-14-11-16(26-20(23,24)25)7-6-13(14)10-15/h2-3,6-9,11,15H,4-5,10H2,1H3/b3-2+. The molecule has 0 fully saturated rings. The summed E-state index contributed by atoms with van der Waals surface area (Å²) in [6, 6.07) is 6.71. The van der Waals surface area contributed by atoms with E-state index in [1.165, 1.54) is 30.3 Å². The number of ether oxygens (including phenoxy) is 1. The zero-order valence-electron chi connectivity index (χ0n) is 14.0. The van der Waals surface area contributed by atoms with Gasteiger partial charge in [0.1, 0.15) is 17.4 Å². The Morgan fingerprint density at radius 2 is 1.73 bits per heavy atom. The number of hydrogen-bond donors (Lipinski definition) is 0. The summed E-state index contributed by atoms with van der Waals surface area (Å²) < 4.78 is 69.7. The summed E-state index contributed by atoms with van der Waals surface area (Å²) in [5, 5.41) is 0. The third kappa shape index (κ3) is 4.06. The fourth-order valence-electron chi connectivity index (χ4n) is 3.46. The van der Waals surface area contributed by atoms with Crippen molar-refractivity contribution >= 4 is 6.08 Å². The van der Waals surface area contributed by atoms with Crippen molar-refractivity contribution in [3.05, 3.63) is 70.3 Å². The predicted molar refractivity (Wildman–Crippen MR) is 89.0 cm³/mol. The number of benzene rings is 2. The molecular weight excluding hydrogens is 351 g/mol. The number of alkyl halides is 3. The molecular formula is C20H17F5O. The van der Waals surface area contributed by atoms with Crippen LogP contribution in [0.25, 0.3) is 6.08 Å². The highest BCUT2D eigenvalue weighted by Crippen LogP contribution is 2.37. The van der Waals surface area contributed by atoms with Gasteiger partial charge in [-0.25, -0.2) is 8.78 Å². The van der Waals surface area contributed by atoms with Crippen molar-refractivity contribution < 1.29 is 26.7 Å². The minimum absolute atomic E-state index is 0.0412. The molecule has 0 aliphatic heterocycles. The maximum atomic E-state index is 14.4. The molecule has 1 nitrogen and oxygen atoms in total. The van der Waals surface area contributed by atoms with Crippen molar-refractivity contribution in [2.24, 2.45) is 0 Å². The fourth-order valence-corrected chi connectivity index (χ4v) is 3.46. The topological polar surface area (TPSA) is 9.23 Å². The molecule has 0 saturated carbocycles. The van der Waals surface area contributed by atoms with Gasteiger partial charge in [-0.3, -0.25) is 0 Å². The van der Waals surface area contributed by atoms with Gasteiger partial charge in [0, 0.05) is 5.56 Å². The van der Waals surface area contributed by atoms with E-state index in [-0.39, 0.29) is 17.2 Å². The molecule has 1 aliphatic rings. The van der Waals surface area contributed by atoms with E-state index >= 15 is 0 Å². The number of allylic oxidation sites excluding steroid dienone is 1. The first kappa shape index (κ1) is 18.4. The number of aryl methyl sites for hydroxylation is 1. The quantitative estimate of drug-likeness (QED) is 0.589. The van der Waals surface area contributed by atoms with Crippen molar-refractivity contribution in [1.29, 1.82) is 0 Å². The molecule has 1 unspecified atom stereocenters. The van der Waals surface area contributed by atoms with E-state index < -0.39 is 18.0 Å². The SMILES string of the molecule is C/C=C/c1cc(F)c(C2CCc3cc(OC(F)(F)F)ccc3C2)c(F)c1. The summed E-state index contributed by atoms with van der Waals surface area (Å²) in [4.78, 5) is 0. The highest BCUT2D eigenvalue weighted by atomic mass is 19.4. The van der Waals surface area contributed by atoms with E-state index in [0.717, 1.165) is 5.56 Å². The molecule has 0 amide bonds. The number of hydrogen-bond acceptors (Lipinski definition) is 1. The molecule has 138 valence electrons. The lowest BCUT2D eigenvalue weighted by molar-refractivity contribution is -0.274. The molecule has 0 spiro atoms. The Labute approximate surface area is 148 Å². The van der Waals surface area contributed by atoms with Crippen LogP contribution in [0.5, 0.6) is 5.75 Å². The summed E-state index contributed by atoms with van der Waals surface area (Å²) in [7, 11) is 0. The largest absolute Gasteiger partial charge is 0.573 e. The Morgan fingerprint density at radius 1 is 1.04 bits per heavy atom. The molecule has 26 heavy (non-hydrogen) atoms. The molecule has 0 aromatic heterocycles. The van der Waals surface area contributed by atoms with Crippen LogP contribution in [0.3, 0.4) is 0 Å². The lowest BCUT2D eigenvalue weighted by Gasteiger charge is -2.26. The summed E-state index contributed by atoms with van der Waals surface area (Å²) in [6.07, 6.45) is -0.158. The van der Waals surface area contributed by atoms with Gasteiger partial charge >= 0.3 is 6.36 Å². The molecule has 0 N–H and O–H groups in total. The van der Waals surface area contributed by atoms with Crippen molar-refractivity contribution in [1.82, 2.24) is 0 Å². The van der Waals surface area contributed by atoms with Gasteiger partial charge in [-0.15, -0.1) is 13.2 Å². The van der Waals surface area contributed by atoms with Crippen LogP contribution in [0, 0.1) is 11.6 Å². The van der Waals surface area contributed by atoms with Crippen molar-refractivity contribution in [3.8, 4) is 5.75 Å². The van der Waals surface area contributed by atoms with Gasteiger partial charge in [0.25, 0.3) is 0 Å². The summed E-state index contributed by atoms with van der Waals surface area (Å²) >= 11 is 0. The van der Waals surface area contributed by atoms with Crippen LogP contribution in [0.1, 0.15) is 41.5 Å². The summed E-state index contributed by atoms with van der Waals surface area (Å²) in [5.41, 5.74) is 2.00. The van der Waals surface area contributed by atoms with Crippen molar-refractivity contribution in [3.63, 3.8) is 0 Å². The van der Waals surface area contributed by atoms with Gasteiger partial charge in [-0.2, -0.15) is 0 Å². The second kappa shape index (κ2) is 7.09. The van der Waals surface area contributed by atoms with Gasteiger partial charge in [-0.05, 0) is 73.1 Å². The third-order valence-corrected chi connectivity index (χ3v) is 4.51. The normalized spacial score (nSPS) is 17.4. The lowest BCUT2D eigenvalue weighted by atomic mass is 9.79. The minimum Gasteiger partial charge on any atom is -0.406 e.